The summed E-state index contributed by atoms with van der Waals surface area (Å²) in [6.45, 7) is 0. The number of nitrogens with zero attached hydrogens (tertiary/aromatic N) is 3. The Morgan fingerprint density at radius 2 is 1.81 bits per heavy atom. The van der Waals surface area contributed by atoms with Crippen LogP contribution in [0, 0.1) is 10.1 Å². The lowest BCUT2D eigenvalue weighted by atomic mass is 10.3. The van der Waals surface area contributed by atoms with Crippen molar-refractivity contribution in [2.45, 2.75) is 4.90 Å². The molecule has 0 aliphatic rings. The molecule has 0 amide bonds. The highest BCUT2D eigenvalue weighted by Crippen LogP contribution is 2.27. The molecule has 0 fully saturated rings. The maximum atomic E-state index is 12.5. The molecule has 0 atom stereocenters. The molecule has 8 heteroatoms. The highest BCUT2D eigenvalue weighted by Gasteiger charge is 2.22. The molecule has 106 valence electrons. The SMILES string of the molecule is O=[N+]([O-])c1ccnc2c1ccn2S(=O)(=O)c1ccccc1. The van der Waals surface area contributed by atoms with Crippen molar-refractivity contribution < 1.29 is 13.3 Å². The van der Waals surface area contributed by atoms with Crippen LogP contribution in [0.3, 0.4) is 0 Å². The molecule has 2 aromatic heterocycles. The van der Waals surface area contributed by atoms with Crippen LogP contribution in [0.15, 0.2) is 59.8 Å². The van der Waals surface area contributed by atoms with E-state index in [4.69, 9.17) is 0 Å². The van der Waals surface area contributed by atoms with Gasteiger partial charge in [-0.2, -0.15) is 0 Å². The summed E-state index contributed by atoms with van der Waals surface area (Å²) in [5, 5.41) is 11.1. The fourth-order valence-corrected chi connectivity index (χ4v) is 3.38. The second-order valence-electron chi connectivity index (χ2n) is 4.25. The maximum absolute atomic E-state index is 12.5. The lowest BCUT2D eigenvalue weighted by Gasteiger charge is -2.06. The van der Waals surface area contributed by atoms with E-state index >= 15 is 0 Å². The van der Waals surface area contributed by atoms with Crippen LogP contribution >= 0.6 is 0 Å². The van der Waals surface area contributed by atoms with Crippen LogP contribution < -0.4 is 0 Å². The highest BCUT2D eigenvalue weighted by molar-refractivity contribution is 7.90. The Bertz CT molecular complexity index is 932. The second-order valence-corrected chi connectivity index (χ2v) is 6.07. The molecule has 3 aromatic rings. The molecule has 7 nitrogen and oxygen atoms in total. The number of hydrogen-bond acceptors (Lipinski definition) is 5. The zero-order chi connectivity index (χ0) is 15.0. The number of aromatic nitrogens is 2. The van der Waals surface area contributed by atoms with Crippen molar-refractivity contribution in [2.75, 3.05) is 0 Å². The summed E-state index contributed by atoms with van der Waals surface area (Å²) in [5.41, 5.74) is -0.143. The van der Waals surface area contributed by atoms with Crippen molar-refractivity contribution in [3.63, 3.8) is 0 Å². The third kappa shape index (κ3) is 2.05. The number of rotatable bonds is 3. The van der Waals surface area contributed by atoms with Gasteiger partial charge in [-0.05, 0) is 18.2 Å². The molecule has 0 saturated carbocycles. The Hall–Kier alpha value is -2.74. The van der Waals surface area contributed by atoms with E-state index in [1.807, 2.05) is 0 Å². The molecular formula is C13H9N3O4S. The van der Waals surface area contributed by atoms with Gasteiger partial charge in [0.25, 0.3) is 15.7 Å². The normalized spacial score (nSPS) is 11.6. The van der Waals surface area contributed by atoms with Gasteiger partial charge in [0, 0.05) is 18.5 Å². The third-order valence-electron chi connectivity index (χ3n) is 3.03. The van der Waals surface area contributed by atoms with E-state index in [1.165, 1.54) is 36.7 Å². The van der Waals surface area contributed by atoms with Gasteiger partial charge in [0.2, 0.25) is 0 Å². The fourth-order valence-electron chi connectivity index (χ4n) is 2.06. The van der Waals surface area contributed by atoms with Gasteiger partial charge in [0.15, 0.2) is 5.65 Å². The van der Waals surface area contributed by atoms with E-state index in [0.717, 1.165) is 3.97 Å². The van der Waals surface area contributed by atoms with Crippen LogP contribution in [0.2, 0.25) is 0 Å². The quantitative estimate of drug-likeness (QED) is 0.546. The average Bonchev–Trinajstić information content (AvgIpc) is 2.92. The van der Waals surface area contributed by atoms with Gasteiger partial charge >= 0.3 is 0 Å². The van der Waals surface area contributed by atoms with Crippen molar-refractivity contribution in [3.05, 3.63) is 65.0 Å². The average molecular weight is 303 g/mol. The summed E-state index contributed by atoms with van der Waals surface area (Å²) in [5.74, 6) is 0. The Kier molecular flexibility index (Phi) is 2.95. The summed E-state index contributed by atoms with van der Waals surface area (Å²) < 4.78 is 26.0. The van der Waals surface area contributed by atoms with Gasteiger partial charge in [-0.1, -0.05) is 18.2 Å². The lowest BCUT2D eigenvalue weighted by Crippen LogP contribution is -2.12. The first-order valence-electron chi connectivity index (χ1n) is 5.93. The van der Waals surface area contributed by atoms with Crippen LogP contribution in [0.4, 0.5) is 5.69 Å². The first-order valence-corrected chi connectivity index (χ1v) is 7.37. The van der Waals surface area contributed by atoms with Crippen LogP contribution in [-0.2, 0) is 10.0 Å². The van der Waals surface area contributed by atoms with Gasteiger partial charge in [-0.3, -0.25) is 10.1 Å². The van der Waals surface area contributed by atoms with E-state index in [0.29, 0.717) is 0 Å². The van der Waals surface area contributed by atoms with Crippen LogP contribution in [0.5, 0.6) is 0 Å². The predicted molar refractivity (Wildman–Crippen MR) is 75.4 cm³/mol. The smallest absolute Gasteiger partial charge is 0.258 e. The molecule has 1 aromatic carbocycles. The Labute approximate surface area is 119 Å². The van der Waals surface area contributed by atoms with Gasteiger partial charge in [-0.15, -0.1) is 0 Å². The molecule has 0 aliphatic heterocycles. The minimum Gasteiger partial charge on any atom is -0.258 e. The minimum atomic E-state index is -3.83. The van der Waals surface area contributed by atoms with Crippen molar-refractivity contribution in [1.29, 1.82) is 0 Å². The van der Waals surface area contributed by atoms with E-state index < -0.39 is 14.9 Å². The second kappa shape index (κ2) is 4.67. The summed E-state index contributed by atoms with van der Waals surface area (Å²) >= 11 is 0. The minimum absolute atomic E-state index is 0.0352. The van der Waals surface area contributed by atoms with E-state index in [1.54, 1.807) is 18.2 Å². The Morgan fingerprint density at radius 1 is 1.10 bits per heavy atom. The fraction of sp³-hybridized carbons (Fsp3) is 0. The van der Waals surface area contributed by atoms with Crippen LogP contribution in [-0.4, -0.2) is 22.3 Å². The molecule has 0 saturated heterocycles. The third-order valence-corrected chi connectivity index (χ3v) is 4.71. The standard InChI is InChI=1S/C13H9N3O4S/c17-16(18)12-6-8-14-13-11(12)7-9-15(13)21(19,20)10-4-2-1-3-5-10/h1-9H. The molecule has 0 aliphatic carbocycles. The van der Waals surface area contributed by atoms with E-state index in [-0.39, 0.29) is 21.6 Å². The molecule has 0 bridgehead atoms. The molecule has 0 spiro atoms. The molecule has 0 N–H and O–H groups in total. The Balaban J connectivity index is 2.28. The molecule has 21 heavy (non-hydrogen) atoms. The van der Waals surface area contributed by atoms with Crippen LogP contribution in [0.1, 0.15) is 0 Å². The number of fused-ring (bicyclic) bond motifs is 1. The predicted octanol–water partition coefficient (Wildman–Crippen LogP) is 2.18. The van der Waals surface area contributed by atoms with Crippen LogP contribution in [0.25, 0.3) is 11.0 Å². The first-order chi connectivity index (χ1) is 10.0. The number of nitro groups is 1. The Morgan fingerprint density at radius 3 is 2.48 bits per heavy atom. The van der Waals surface area contributed by atoms with Crippen molar-refractivity contribution in [2.24, 2.45) is 0 Å². The zero-order valence-corrected chi connectivity index (χ0v) is 11.4. The van der Waals surface area contributed by atoms with Crippen molar-refractivity contribution in [3.8, 4) is 0 Å². The molecular weight excluding hydrogens is 294 g/mol. The van der Waals surface area contributed by atoms with Crippen molar-refractivity contribution >= 4 is 26.7 Å². The summed E-state index contributed by atoms with van der Waals surface area (Å²) in [6.07, 6.45) is 2.49. The van der Waals surface area contributed by atoms with Crippen molar-refractivity contribution in [1.82, 2.24) is 8.96 Å². The summed E-state index contributed by atoms with van der Waals surface area (Å²) in [6, 6.07) is 10.4. The lowest BCUT2D eigenvalue weighted by molar-refractivity contribution is -0.383. The van der Waals surface area contributed by atoms with Gasteiger partial charge in [0.05, 0.1) is 15.2 Å². The summed E-state index contributed by atoms with van der Waals surface area (Å²) in [7, 11) is -3.83. The highest BCUT2D eigenvalue weighted by atomic mass is 32.2. The number of hydrogen-bond donors (Lipinski definition) is 0. The molecule has 0 radical (unpaired) electrons. The molecule has 2 heterocycles. The molecule has 3 rings (SSSR count). The molecule has 0 unspecified atom stereocenters. The largest absolute Gasteiger partial charge is 0.281 e. The number of benzene rings is 1. The van der Waals surface area contributed by atoms with Gasteiger partial charge in [-0.25, -0.2) is 17.4 Å². The summed E-state index contributed by atoms with van der Waals surface area (Å²) in [4.78, 5) is 14.4. The van der Waals surface area contributed by atoms with E-state index in [2.05, 4.69) is 4.98 Å². The topological polar surface area (TPSA) is 95.1 Å². The van der Waals surface area contributed by atoms with E-state index in [9.17, 15) is 18.5 Å². The zero-order valence-electron chi connectivity index (χ0n) is 10.6. The van der Waals surface area contributed by atoms with Gasteiger partial charge in [0.1, 0.15) is 0 Å². The first kappa shape index (κ1) is 13.3. The number of pyridine rings is 1. The monoisotopic (exact) mass is 303 g/mol. The van der Waals surface area contributed by atoms with Gasteiger partial charge < -0.3 is 0 Å². The maximum Gasteiger partial charge on any atom is 0.281 e.